The molecule has 0 atom stereocenters. The van der Waals surface area contributed by atoms with Gasteiger partial charge in [-0.3, -0.25) is 0 Å². The molecule has 0 saturated heterocycles. The van der Waals surface area contributed by atoms with Crippen molar-refractivity contribution < 1.29 is 0 Å². The van der Waals surface area contributed by atoms with Crippen LogP contribution in [0.25, 0.3) is 93.9 Å². The number of anilines is 3. The number of hydrogen-bond donors (Lipinski definition) is 0. The zero-order valence-corrected chi connectivity index (χ0v) is 36.3. The first-order valence-corrected chi connectivity index (χ1v) is 22.7. The van der Waals surface area contributed by atoms with Crippen molar-refractivity contribution in [2.24, 2.45) is 0 Å². The van der Waals surface area contributed by atoms with Crippen molar-refractivity contribution in [2.45, 2.75) is 0 Å². The fourth-order valence-corrected chi connectivity index (χ4v) is 9.79. The molecule has 0 bridgehead atoms. The molecule has 12 aromatic rings. The zero-order valence-electron chi connectivity index (χ0n) is 36.3. The standard InChI is InChI=1S/C64H44N2/c1-2-15-45(16-3-1)52-20-13-22-56(44-52)65(55-41-37-48(38-42-55)51-19-12-21-53(43-51)58-27-14-18-49-17-4-5-23-57(49)58)54-39-35-47(36-40-54)46-31-33-50(34-32-46)59-24-6-9-28-62(59)66-63-29-10-7-25-60(63)61-26-8-11-30-64(61)66/h1-44H. The summed E-state index contributed by atoms with van der Waals surface area (Å²) in [7, 11) is 0. The minimum Gasteiger partial charge on any atom is -0.310 e. The predicted octanol–water partition coefficient (Wildman–Crippen LogP) is 17.7. The zero-order chi connectivity index (χ0) is 43.8. The Balaban J connectivity index is 0.876. The van der Waals surface area contributed by atoms with Crippen molar-refractivity contribution in [3.05, 3.63) is 267 Å². The minimum absolute atomic E-state index is 1.09. The van der Waals surface area contributed by atoms with E-state index in [0.29, 0.717) is 0 Å². The Labute approximate surface area is 385 Å². The maximum Gasteiger partial charge on any atom is 0.0541 e. The lowest BCUT2D eigenvalue weighted by Crippen LogP contribution is -2.10. The second-order valence-electron chi connectivity index (χ2n) is 16.9. The Morgan fingerprint density at radius 3 is 1.38 bits per heavy atom. The van der Waals surface area contributed by atoms with E-state index < -0.39 is 0 Å². The van der Waals surface area contributed by atoms with Crippen molar-refractivity contribution in [3.8, 4) is 61.3 Å². The first-order valence-electron chi connectivity index (χ1n) is 22.7. The molecule has 2 nitrogen and oxygen atoms in total. The van der Waals surface area contributed by atoms with E-state index in [1.54, 1.807) is 0 Å². The normalized spacial score (nSPS) is 11.3. The van der Waals surface area contributed by atoms with Crippen LogP contribution in [-0.4, -0.2) is 4.57 Å². The van der Waals surface area contributed by atoms with Gasteiger partial charge in [-0.15, -0.1) is 0 Å². The van der Waals surface area contributed by atoms with Crippen molar-refractivity contribution in [1.29, 1.82) is 0 Å². The summed E-state index contributed by atoms with van der Waals surface area (Å²) in [6.45, 7) is 0. The van der Waals surface area contributed by atoms with Crippen LogP contribution in [0.3, 0.4) is 0 Å². The Kier molecular flexibility index (Phi) is 9.89. The van der Waals surface area contributed by atoms with Crippen LogP contribution in [0.15, 0.2) is 267 Å². The van der Waals surface area contributed by atoms with Crippen LogP contribution >= 0.6 is 0 Å². The molecule has 0 aliphatic rings. The molecular weight excluding hydrogens is 797 g/mol. The lowest BCUT2D eigenvalue weighted by atomic mass is 9.95. The molecule has 12 rings (SSSR count). The molecule has 66 heavy (non-hydrogen) atoms. The molecule has 0 aliphatic heterocycles. The first-order chi connectivity index (χ1) is 32.7. The maximum absolute atomic E-state index is 2.41. The smallest absolute Gasteiger partial charge is 0.0541 e. The average Bonchev–Trinajstić information content (AvgIpc) is 3.74. The SMILES string of the molecule is c1ccc(-c2cccc(N(c3ccc(-c4ccc(-c5ccccc5-n5c6ccccc6c6ccccc65)cc4)cc3)c3ccc(-c4cccc(-c5cccc6ccccc56)c4)cc3)c2)cc1. The number of nitrogens with zero attached hydrogens (tertiary/aromatic N) is 2. The highest BCUT2D eigenvalue weighted by Crippen LogP contribution is 2.41. The number of fused-ring (bicyclic) bond motifs is 4. The summed E-state index contributed by atoms with van der Waals surface area (Å²) in [5, 5.41) is 5.04. The largest absolute Gasteiger partial charge is 0.310 e. The summed E-state index contributed by atoms with van der Waals surface area (Å²) in [5.74, 6) is 0. The van der Waals surface area contributed by atoms with Crippen LogP contribution in [0.5, 0.6) is 0 Å². The Bertz CT molecular complexity index is 3620. The van der Waals surface area contributed by atoms with Gasteiger partial charge in [0.1, 0.15) is 0 Å². The van der Waals surface area contributed by atoms with Crippen molar-refractivity contribution in [3.63, 3.8) is 0 Å². The average molecular weight is 841 g/mol. The first kappa shape index (κ1) is 38.9. The van der Waals surface area contributed by atoms with Gasteiger partial charge in [-0.2, -0.15) is 0 Å². The Hall–Kier alpha value is -8.72. The second kappa shape index (κ2) is 16.8. The number of hydrogen-bond acceptors (Lipinski definition) is 1. The monoisotopic (exact) mass is 840 g/mol. The van der Waals surface area contributed by atoms with Gasteiger partial charge >= 0.3 is 0 Å². The van der Waals surface area contributed by atoms with Gasteiger partial charge < -0.3 is 9.47 Å². The molecule has 0 aliphatic carbocycles. The summed E-state index contributed by atoms with van der Waals surface area (Å²) in [6.07, 6.45) is 0. The summed E-state index contributed by atoms with van der Waals surface area (Å²) in [6, 6.07) is 96.7. The number of rotatable bonds is 9. The number of aromatic nitrogens is 1. The Morgan fingerprint density at radius 2 is 0.682 bits per heavy atom. The molecule has 0 amide bonds. The highest BCUT2D eigenvalue weighted by molar-refractivity contribution is 6.09. The highest BCUT2D eigenvalue weighted by atomic mass is 15.1. The molecule has 11 aromatic carbocycles. The van der Waals surface area contributed by atoms with E-state index in [0.717, 1.165) is 17.1 Å². The van der Waals surface area contributed by atoms with Crippen LogP contribution < -0.4 is 4.90 Å². The topological polar surface area (TPSA) is 8.17 Å². The van der Waals surface area contributed by atoms with Crippen LogP contribution in [-0.2, 0) is 0 Å². The third-order valence-electron chi connectivity index (χ3n) is 13.0. The molecule has 0 unspecified atom stereocenters. The highest BCUT2D eigenvalue weighted by Gasteiger charge is 2.17. The summed E-state index contributed by atoms with van der Waals surface area (Å²) >= 11 is 0. The van der Waals surface area contributed by atoms with Crippen LogP contribution in [0.2, 0.25) is 0 Å². The van der Waals surface area contributed by atoms with Crippen molar-refractivity contribution in [1.82, 2.24) is 4.57 Å². The van der Waals surface area contributed by atoms with E-state index in [2.05, 4.69) is 276 Å². The van der Waals surface area contributed by atoms with E-state index in [-0.39, 0.29) is 0 Å². The molecule has 0 spiro atoms. The molecule has 2 heteroatoms. The predicted molar refractivity (Wildman–Crippen MR) is 280 cm³/mol. The third-order valence-corrected chi connectivity index (χ3v) is 13.0. The van der Waals surface area contributed by atoms with Crippen LogP contribution in [0.4, 0.5) is 17.1 Å². The van der Waals surface area contributed by atoms with Crippen molar-refractivity contribution in [2.75, 3.05) is 4.90 Å². The van der Waals surface area contributed by atoms with Crippen LogP contribution in [0, 0.1) is 0 Å². The second-order valence-corrected chi connectivity index (χ2v) is 16.9. The van der Waals surface area contributed by atoms with Gasteiger partial charge in [-0.25, -0.2) is 0 Å². The lowest BCUT2D eigenvalue weighted by molar-refractivity contribution is 1.18. The lowest BCUT2D eigenvalue weighted by Gasteiger charge is -2.26. The summed E-state index contributed by atoms with van der Waals surface area (Å²) in [5.41, 5.74) is 18.8. The van der Waals surface area contributed by atoms with E-state index in [1.807, 2.05) is 0 Å². The van der Waals surface area contributed by atoms with Gasteiger partial charge in [0.15, 0.2) is 0 Å². The Morgan fingerprint density at radius 1 is 0.242 bits per heavy atom. The van der Waals surface area contributed by atoms with Gasteiger partial charge in [0.25, 0.3) is 0 Å². The molecule has 1 aromatic heterocycles. The van der Waals surface area contributed by atoms with E-state index in [9.17, 15) is 0 Å². The molecule has 1 heterocycles. The fourth-order valence-electron chi connectivity index (χ4n) is 9.79. The molecule has 0 fully saturated rings. The quantitative estimate of drug-likeness (QED) is 0.141. The minimum atomic E-state index is 1.09. The van der Waals surface area contributed by atoms with Gasteiger partial charge in [0.05, 0.1) is 16.7 Å². The summed E-state index contributed by atoms with van der Waals surface area (Å²) in [4.78, 5) is 2.36. The molecule has 0 N–H and O–H groups in total. The van der Waals surface area contributed by atoms with Gasteiger partial charge in [-0.1, -0.05) is 206 Å². The van der Waals surface area contributed by atoms with E-state index in [1.165, 1.54) is 93.9 Å². The molecule has 0 saturated carbocycles. The summed E-state index contributed by atoms with van der Waals surface area (Å²) < 4.78 is 2.41. The van der Waals surface area contributed by atoms with Gasteiger partial charge in [0.2, 0.25) is 0 Å². The number of benzene rings is 11. The van der Waals surface area contributed by atoms with Gasteiger partial charge in [0, 0.05) is 33.4 Å². The number of para-hydroxylation sites is 3. The van der Waals surface area contributed by atoms with E-state index in [4.69, 9.17) is 0 Å². The fraction of sp³-hybridized carbons (Fsp3) is 0. The van der Waals surface area contributed by atoms with Gasteiger partial charge in [-0.05, 0) is 122 Å². The van der Waals surface area contributed by atoms with Crippen LogP contribution in [0.1, 0.15) is 0 Å². The maximum atomic E-state index is 2.41. The van der Waals surface area contributed by atoms with Crippen molar-refractivity contribution >= 4 is 49.6 Å². The molecule has 0 radical (unpaired) electrons. The third kappa shape index (κ3) is 7.12. The molecule has 310 valence electrons. The van der Waals surface area contributed by atoms with E-state index >= 15 is 0 Å². The molecular formula is C64H44N2.